The van der Waals surface area contributed by atoms with Crippen LogP contribution in [0.25, 0.3) is 11.2 Å². The molecule has 0 aliphatic carbocycles. The molecule has 0 aliphatic rings. The van der Waals surface area contributed by atoms with Crippen LogP contribution in [0, 0.1) is 0 Å². The molecule has 0 saturated carbocycles. The monoisotopic (exact) mass is 271 g/mol. The van der Waals surface area contributed by atoms with Gasteiger partial charge in [0.2, 0.25) is 0 Å². The van der Waals surface area contributed by atoms with Gasteiger partial charge in [-0.2, -0.15) is 0 Å². The average Bonchev–Trinajstić information content (AvgIpc) is 2.85. The second kappa shape index (κ2) is 7.11. The van der Waals surface area contributed by atoms with Gasteiger partial charge in [-0.15, -0.1) is 0 Å². The molecule has 0 saturated heterocycles. The zero-order valence-corrected chi connectivity index (χ0v) is 11.2. The van der Waals surface area contributed by atoms with E-state index in [2.05, 4.69) is 15.7 Å². The van der Waals surface area contributed by atoms with E-state index in [1.807, 2.05) is 0 Å². The number of carbonyl (C=O) groups is 1. The summed E-state index contributed by atoms with van der Waals surface area (Å²) in [5.74, 6) is -0.833. The summed E-state index contributed by atoms with van der Waals surface area (Å²) in [4.78, 5) is 38.4. The highest BCUT2D eigenvalue weighted by molar-refractivity contribution is 5.68. The molecule has 9 nitrogen and oxygen atoms in total. The Morgan fingerprint density at radius 2 is 1.79 bits per heavy atom. The zero-order valence-electron chi connectivity index (χ0n) is 11.2. The summed E-state index contributed by atoms with van der Waals surface area (Å²) in [5, 5.41) is 7.42. The van der Waals surface area contributed by atoms with E-state index in [0.29, 0.717) is 11.2 Å². The van der Waals surface area contributed by atoms with Crippen LogP contribution in [0.5, 0.6) is 0 Å². The molecular formula is C10H17N5O4. The van der Waals surface area contributed by atoms with Crippen LogP contribution >= 0.6 is 0 Å². The van der Waals surface area contributed by atoms with Gasteiger partial charge in [0.25, 0.3) is 11.5 Å². The second-order valence-electron chi connectivity index (χ2n) is 3.33. The van der Waals surface area contributed by atoms with Crippen molar-refractivity contribution >= 4 is 17.1 Å². The van der Waals surface area contributed by atoms with Gasteiger partial charge in [-0.25, -0.2) is 9.78 Å². The molecule has 0 unspecified atom stereocenters. The predicted octanol–water partition coefficient (Wildman–Crippen LogP) is -1.37. The SMILES string of the molecule is CC(=O)O.CN.Cn1c(=O)c2[nH]cnc2n(C)c1=O. The largest absolute Gasteiger partial charge is 0.481 e. The lowest BCUT2D eigenvalue weighted by Gasteiger charge is -2.00. The van der Waals surface area contributed by atoms with Gasteiger partial charge in [0.1, 0.15) is 5.52 Å². The van der Waals surface area contributed by atoms with Gasteiger partial charge in [0, 0.05) is 21.0 Å². The highest BCUT2D eigenvalue weighted by Gasteiger charge is 2.08. The Morgan fingerprint density at radius 3 is 2.26 bits per heavy atom. The number of aliphatic carboxylic acids is 1. The van der Waals surface area contributed by atoms with Crippen molar-refractivity contribution in [1.82, 2.24) is 19.1 Å². The molecule has 0 atom stereocenters. The van der Waals surface area contributed by atoms with E-state index in [-0.39, 0.29) is 11.2 Å². The fraction of sp³-hybridized carbons (Fsp3) is 0.400. The van der Waals surface area contributed by atoms with E-state index in [1.165, 1.54) is 25.0 Å². The molecule has 0 amide bonds. The number of rotatable bonds is 0. The van der Waals surface area contributed by atoms with Crippen LogP contribution in [0.4, 0.5) is 0 Å². The Labute approximate surface area is 108 Å². The fourth-order valence-electron chi connectivity index (χ4n) is 1.27. The van der Waals surface area contributed by atoms with E-state index in [9.17, 15) is 9.59 Å². The first kappa shape index (κ1) is 16.6. The summed E-state index contributed by atoms with van der Waals surface area (Å²) >= 11 is 0. The van der Waals surface area contributed by atoms with Crippen molar-refractivity contribution in [3.63, 3.8) is 0 Å². The average molecular weight is 271 g/mol. The number of carboxylic acids is 1. The number of H-pyrrole nitrogens is 1. The third-order valence-electron chi connectivity index (χ3n) is 2.03. The topological polar surface area (TPSA) is 136 Å². The van der Waals surface area contributed by atoms with Crippen molar-refractivity contribution in [3.8, 4) is 0 Å². The van der Waals surface area contributed by atoms with Gasteiger partial charge in [-0.1, -0.05) is 0 Å². The predicted molar refractivity (Wildman–Crippen MR) is 70.0 cm³/mol. The first-order valence-corrected chi connectivity index (χ1v) is 5.22. The molecule has 106 valence electrons. The number of hydrogen-bond acceptors (Lipinski definition) is 5. The lowest BCUT2D eigenvalue weighted by atomic mass is 10.5. The first-order valence-electron chi connectivity index (χ1n) is 5.22. The van der Waals surface area contributed by atoms with E-state index in [0.717, 1.165) is 11.5 Å². The number of aromatic amines is 1. The Kier molecular flexibility index (Phi) is 6.21. The zero-order chi connectivity index (χ0) is 15.2. The molecule has 0 bridgehead atoms. The Hall–Kier alpha value is -2.42. The highest BCUT2D eigenvalue weighted by Crippen LogP contribution is 1.97. The molecule has 0 radical (unpaired) electrons. The Balaban J connectivity index is 0.000000467. The number of hydrogen-bond donors (Lipinski definition) is 3. The summed E-state index contributed by atoms with van der Waals surface area (Å²) in [6.45, 7) is 1.08. The number of fused-ring (bicyclic) bond motifs is 1. The molecule has 0 fully saturated rings. The lowest BCUT2D eigenvalue weighted by Crippen LogP contribution is -2.36. The van der Waals surface area contributed by atoms with Crippen LogP contribution in [-0.2, 0) is 18.9 Å². The molecule has 0 aliphatic heterocycles. The second-order valence-corrected chi connectivity index (χ2v) is 3.33. The number of nitrogens with one attached hydrogen (secondary N) is 1. The Bertz CT molecular complexity index is 663. The summed E-state index contributed by atoms with van der Waals surface area (Å²) in [7, 11) is 4.51. The molecule has 0 spiro atoms. The van der Waals surface area contributed by atoms with Crippen molar-refractivity contribution in [2.75, 3.05) is 7.05 Å². The molecule has 2 aromatic heterocycles. The van der Waals surface area contributed by atoms with Crippen molar-refractivity contribution in [3.05, 3.63) is 27.2 Å². The maximum Gasteiger partial charge on any atom is 0.332 e. The van der Waals surface area contributed by atoms with Crippen molar-refractivity contribution in [1.29, 1.82) is 0 Å². The minimum Gasteiger partial charge on any atom is -0.481 e. The van der Waals surface area contributed by atoms with Gasteiger partial charge < -0.3 is 15.8 Å². The first-order chi connectivity index (χ1) is 8.86. The number of aryl methyl sites for hydroxylation is 1. The molecule has 19 heavy (non-hydrogen) atoms. The maximum atomic E-state index is 11.4. The van der Waals surface area contributed by atoms with Crippen LogP contribution < -0.4 is 17.0 Å². The minimum absolute atomic E-state index is 0.351. The normalized spacial score (nSPS) is 9.11. The van der Waals surface area contributed by atoms with E-state index in [1.54, 1.807) is 7.05 Å². The summed E-state index contributed by atoms with van der Waals surface area (Å²) in [6.07, 6.45) is 1.39. The van der Waals surface area contributed by atoms with E-state index < -0.39 is 5.97 Å². The van der Waals surface area contributed by atoms with Crippen LogP contribution in [0.2, 0.25) is 0 Å². The van der Waals surface area contributed by atoms with Crippen molar-refractivity contribution < 1.29 is 9.90 Å². The highest BCUT2D eigenvalue weighted by atomic mass is 16.4. The third-order valence-corrected chi connectivity index (χ3v) is 2.03. The summed E-state index contributed by atoms with van der Waals surface area (Å²) in [6, 6.07) is 0. The van der Waals surface area contributed by atoms with Gasteiger partial charge in [-0.3, -0.25) is 18.7 Å². The van der Waals surface area contributed by atoms with Crippen LogP contribution in [0.1, 0.15) is 6.92 Å². The van der Waals surface area contributed by atoms with Crippen LogP contribution in [-0.4, -0.2) is 37.2 Å². The van der Waals surface area contributed by atoms with Crippen LogP contribution in [0.15, 0.2) is 15.9 Å². The summed E-state index contributed by atoms with van der Waals surface area (Å²) in [5.41, 5.74) is 4.51. The molecule has 9 heteroatoms. The third kappa shape index (κ3) is 3.78. The lowest BCUT2D eigenvalue weighted by molar-refractivity contribution is -0.134. The number of nitrogens with zero attached hydrogens (tertiary/aromatic N) is 3. The molecular weight excluding hydrogens is 254 g/mol. The number of aromatic nitrogens is 4. The van der Waals surface area contributed by atoms with E-state index in [4.69, 9.17) is 9.90 Å². The fourth-order valence-corrected chi connectivity index (χ4v) is 1.27. The molecule has 2 rings (SSSR count). The molecule has 0 aromatic carbocycles. The summed E-state index contributed by atoms with van der Waals surface area (Å²) < 4.78 is 2.37. The Morgan fingerprint density at radius 1 is 1.32 bits per heavy atom. The standard InChI is InChI=1S/C7H8N4O2.C2H4O2.CH5N/c1-10-5-4(8-3-9-5)6(12)11(2)7(10)13;1-2(3)4;1-2/h3H,1-2H3,(H,8,9);1H3,(H,3,4);2H2,1H3. The minimum atomic E-state index is -0.833. The van der Waals surface area contributed by atoms with Crippen molar-refractivity contribution in [2.24, 2.45) is 19.8 Å². The number of nitrogens with two attached hydrogens (primary N) is 1. The maximum absolute atomic E-state index is 11.4. The smallest absolute Gasteiger partial charge is 0.332 e. The van der Waals surface area contributed by atoms with E-state index >= 15 is 0 Å². The molecule has 4 N–H and O–H groups in total. The van der Waals surface area contributed by atoms with Gasteiger partial charge in [0.05, 0.1) is 6.33 Å². The molecule has 2 aromatic rings. The van der Waals surface area contributed by atoms with Crippen LogP contribution in [0.3, 0.4) is 0 Å². The van der Waals surface area contributed by atoms with Gasteiger partial charge in [-0.05, 0) is 7.05 Å². The quantitative estimate of drug-likeness (QED) is 0.540. The van der Waals surface area contributed by atoms with Gasteiger partial charge >= 0.3 is 5.69 Å². The van der Waals surface area contributed by atoms with Gasteiger partial charge in [0.15, 0.2) is 5.65 Å². The number of imidazole rings is 1. The molecule has 2 heterocycles. The number of carboxylic acid groups (broad SMARTS) is 1. The van der Waals surface area contributed by atoms with Crippen molar-refractivity contribution in [2.45, 2.75) is 6.92 Å².